The largest absolute Gasteiger partial charge is 0.380 e. The van der Waals surface area contributed by atoms with Gasteiger partial charge in [0.15, 0.2) is 0 Å². The smallest absolute Gasteiger partial charge is 0.317 e. The van der Waals surface area contributed by atoms with E-state index in [1.54, 1.807) is 0 Å². The number of amides is 2. The average molecular weight is 347 g/mol. The van der Waals surface area contributed by atoms with Gasteiger partial charge in [0.1, 0.15) is 0 Å². The highest BCUT2D eigenvalue weighted by atomic mass is 16.5. The fourth-order valence-electron chi connectivity index (χ4n) is 3.08. The van der Waals surface area contributed by atoms with Crippen molar-refractivity contribution >= 4 is 12.0 Å². The van der Waals surface area contributed by atoms with E-state index in [0.29, 0.717) is 25.6 Å². The van der Waals surface area contributed by atoms with Gasteiger partial charge in [-0.2, -0.15) is 0 Å². The van der Waals surface area contributed by atoms with Crippen LogP contribution in [0, 0.1) is 12.3 Å². The quantitative estimate of drug-likeness (QED) is 0.899. The van der Waals surface area contributed by atoms with Crippen molar-refractivity contribution in [1.29, 1.82) is 0 Å². The van der Waals surface area contributed by atoms with Crippen LogP contribution in [0.2, 0.25) is 0 Å². The van der Waals surface area contributed by atoms with E-state index < -0.39 is 0 Å². The van der Waals surface area contributed by atoms with Crippen LogP contribution in [0.3, 0.4) is 0 Å². The van der Waals surface area contributed by atoms with E-state index in [-0.39, 0.29) is 11.4 Å². The van der Waals surface area contributed by atoms with Crippen molar-refractivity contribution < 1.29 is 9.53 Å². The minimum absolute atomic E-state index is 0.0146. The minimum Gasteiger partial charge on any atom is -0.380 e. The monoisotopic (exact) mass is 347 g/mol. The Morgan fingerprint density at radius 3 is 2.52 bits per heavy atom. The van der Waals surface area contributed by atoms with E-state index in [9.17, 15) is 4.79 Å². The predicted molar refractivity (Wildman–Crippen MR) is 97.0 cm³/mol. The van der Waals surface area contributed by atoms with E-state index in [1.807, 2.05) is 17.9 Å². The molecule has 0 unspecified atom stereocenters. The van der Waals surface area contributed by atoms with Crippen LogP contribution in [0.25, 0.3) is 0 Å². The standard InChI is InChI=1S/C18H29N5O2/c1-13(2)15-9-14(3)20-16(21-15)22-5-7-23(8-6-22)17(24)19-10-18(4)11-25-12-18/h9,13H,5-8,10-12H2,1-4H3,(H,19,24). The first-order valence-corrected chi connectivity index (χ1v) is 9.07. The van der Waals surface area contributed by atoms with Crippen LogP contribution in [0.1, 0.15) is 38.1 Å². The van der Waals surface area contributed by atoms with Crippen LogP contribution in [0.15, 0.2) is 6.07 Å². The van der Waals surface area contributed by atoms with Gasteiger partial charge in [0, 0.05) is 49.5 Å². The lowest BCUT2D eigenvalue weighted by atomic mass is 9.89. The van der Waals surface area contributed by atoms with Gasteiger partial charge in [0.25, 0.3) is 0 Å². The third-order valence-corrected chi connectivity index (χ3v) is 4.87. The van der Waals surface area contributed by atoms with E-state index in [0.717, 1.165) is 43.6 Å². The summed E-state index contributed by atoms with van der Waals surface area (Å²) in [5.41, 5.74) is 2.16. The van der Waals surface area contributed by atoms with Crippen molar-refractivity contribution in [3.63, 3.8) is 0 Å². The molecule has 2 aliphatic heterocycles. The first-order chi connectivity index (χ1) is 11.9. The minimum atomic E-state index is 0.0146. The Labute approximate surface area is 149 Å². The number of nitrogens with zero attached hydrogens (tertiary/aromatic N) is 4. The molecular formula is C18H29N5O2. The summed E-state index contributed by atoms with van der Waals surface area (Å²) < 4.78 is 5.23. The van der Waals surface area contributed by atoms with Crippen LogP contribution in [0.4, 0.5) is 10.7 Å². The number of aryl methyl sites for hydroxylation is 1. The summed E-state index contributed by atoms with van der Waals surface area (Å²) in [4.78, 5) is 25.7. The molecular weight excluding hydrogens is 318 g/mol. The molecule has 1 aromatic rings. The van der Waals surface area contributed by atoms with Crippen molar-refractivity contribution in [3.8, 4) is 0 Å². The molecule has 1 aromatic heterocycles. The summed E-state index contributed by atoms with van der Waals surface area (Å²) in [5, 5.41) is 3.04. The lowest BCUT2D eigenvalue weighted by Gasteiger charge is -2.39. The molecule has 2 saturated heterocycles. The predicted octanol–water partition coefficient (Wildman–Crippen LogP) is 1.78. The molecule has 0 bridgehead atoms. The number of nitrogens with one attached hydrogen (secondary N) is 1. The van der Waals surface area contributed by atoms with Crippen molar-refractivity contribution in [1.82, 2.24) is 20.2 Å². The van der Waals surface area contributed by atoms with Gasteiger partial charge in [0.2, 0.25) is 5.95 Å². The van der Waals surface area contributed by atoms with Crippen LogP contribution in [-0.4, -0.2) is 66.8 Å². The molecule has 1 N–H and O–H groups in total. The lowest BCUT2D eigenvalue weighted by molar-refractivity contribution is -0.0978. The van der Waals surface area contributed by atoms with Crippen molar-refractivity contribution in [3.05, 3.63) is 17.5 Å². The number of rotatable bonds is 4. The lowest BCUT2D eigenvalue weighted by Crippen LogP contribution is -2.55. The van der Waals surface area contributed by atoms with Crippen LogP contribution in [-0.2, 0) is 4.74 Å². The third kappa shape index (κ3) is 4.21. The second-order valence-electron chi connectivity index (χ2n) is 7.83. The van der Waals surface area contributed by atoms with Gasteiger partial charge in [-0.1, -0.05) is 20.8 Å². The van der Waals surface area contributed by atoms with E-state index in [2.05, 4.69) is 36.0 Å². The molecule has 138 valence electrons. The number of ether oxygens (including phenoxy) is 1. The second-order valence-corrected chi connectivity index (χ2v) is 7.83. The van der Waals surface area contributed by atoms with E-state index in [4.69, 9.17) is 9.72 Å². The number of piperazine rings is 1. The van der Waals surface area contributed by atoms with Gasteiger partial charge in [-0.25, -0.2) is 14.8 Å². The highest BCUT2D eigenvalue weighted by Crippen LogP contribution is 2.25. The number of carbonyl (C=O) groups is 1. The van der Waals surface area contributed by atoms with Gasteiger partial charge in [-0.3, -0.25) is 0 Å². The first-order valence-electron chi connectivity index (χ1n) is 9.07. The van der Waals surface area contributed by atoms with Crippen molar-refractivity contribution in [2.24, 2.45) is 5.41 Å². The molecule has 0 radical (unpaired) electrons. The Balaban J connectivity index is 1.54. The maximum atomic E-state index is 12.3. The zero-order chi connectivity index (χ0) is 18.0. The third-order valence-electron chi connectivity index (χ3n) is 4.87. The Hall–Kier alpha value is -1.89. The first kappa shape index (κ1) is 17.9. The Bertz CT molecular complexity index is 622. The van der Waals surface area contributed by atoms with Crippen LogP contribution in [0.5, 0.6) is 0 Å². The number of urea groups is 1. The summed E-state index contributed by atoms with van der Waals surface area (Å²) in [6.07, 6.45) is 0. The van der Waals surface area contributed by atoms with Gasteiger partial charge in [-0.05, 0) is 18.9 Å². The number of hydrogen-bond donors (Lipinski definition) is 1. The van der Waals surface area contributed by atoms with Crippen molar-refractivity contribution in [2.45, 2.75) is 33.6 Å². The molecule has 7 heteroatoms. The zero-order valence-corrected chi connectivity index (χ0v) is 15.7. The Kier molecular flexibility index (Phi) is 5.13. The van der Waals surface area contributed by atoms with E-state index >= 15 is 0 Å². The normalized spacial score (nSPS) is 19.7. The average Bonchev–Trinajstić information content (AvgIpc) is 2.57. The van der Waals surface area contributed by atoms with Gasteiger partial charge >= 0.3 is 6.03 Å². The molecule has 3 heterocycles. The topological polar surface area (TPSA) is 70.6 Å². The number of hydrogen-bond acceptors (Lipinski definition) is 5. The van der Waals surface area contributed by atoms with Gasteiger partial charge in [0.05, 0.1) is 13.2 Å². The molecule has 0 saturated carbocycles. The number of carbonyl (C=O) groups excluding carboxylic acids is 1. The summed E-state index contributed by atoms with van der Waals surface area (Å²) >= 11 is 0. The zero-order valence-electron chi connectivity index (χ0n) is 15.7. The molecule has 0 aliphatic carbocycles. The second kappa shape index (κ2) is 7.15. The summed E-state index contributed by atoms with van der Waals surface area (Å²) in [6, 6.07) is 2.06. The molecule has 0 aromatic carbocycles. The SMILES string of the molecule is Cc1cc(C(C)C)nc(N2CCN(C(=O)NCC3(C)COC3)CC2)n1. The fraction of sp³-hybridized carbons (Fsp3) is 0.722. The summed E-state index contributed by atoms with van der Waals surface area (Å²) in [7, 11) is 0. The molecule has 0 spiro atoms. The molecule has 2 amide bonds. The maximum absolute atomic E-state index is 12.3. The number of anilines is 1. The molecule has 2 aliphatic rings. The van der Waals surface area contributed by atoms with Crippen LogP contribution >= 0.6 is 0 Å². The fourth-order valence-corrected chi connectivity index (χ4v) is 3.08. The molecule has 2 fully saturated rings. The molecule has 3 rings (SSSR count). The van der Waals surface area contributed by atoms with Gasteiger partial charge in [-0.15, -0.1) is 0 Å². The summed E-state index contributed by atoms with van der Waals surface area (Å²) in [6.45, 7) is 13.4. The van der Waals surface area contributed by atoms with Crippen molar-refractivity contribution in [2.75, 3.05) is 50.8 Å². The number of aromatic nitrogens is 2. The maximum Gasteiger partial charge on any atom is 0.317 e. The molecule has 25 heavy (non-hydrogen) atoms. The Morgan fingerprint density at radius 1 is 1.28 bits per heavy atom. The van der Waals surface area contributed by atoms with E-state index in [1.165, 1.54) is 0 Å². The molecule has 0 atom stereocenters. The highest BCUT2D eigenvalue weighted by molar-refractivity contribution is 5.74. The van der Waals surface area contributed by atoms with Gasteiger partial charge < -0.3 is 19.9 Å². The highest BCUT2D eigenvalue weighted by Gasteiger charge is 2.34. The van der Waals surface area contributed by atoms with Crippen LogP contribution < -0.4 is 10.2 Å². The Morgan fingerprint density at radius 2 is 1.96 bits per heavy atom. The molecule has 7 nitrogen and oxygen atoms in total. The summed E-state index contributed by atoms with van der Waals surface area (Å²) in [5.74, 6) is 1.16.